The molecule has 0 amide bonds. The number of rotatable bonds is 4. The average Bonchev–Trinajstić information content (AvgIpc) is 3.24. The molecule has 1 atom stereocenters. The molecule has 1 aromatic heterocycles. The smallest absolute Gasteiger partial charge is 0.132 e. The molecule has 4 N–H and O–H groups in total. The predicted octanol–water partition coefficient (Wildman–Crippen LogP) is 3.91. The maximum absolute atomic E-state index is 14.2. The van der Waals surface area contributed by atoms with Gasteiger partial charge in [-0.1, -0.05) is 17.7 Å². The lowest BCUT2D eigenvalue weighted by Gasteiger charge is -2.22. The van der Waals surface area contributed by atoms with E-state index in [4.69, 9.17) is 23.1 Å². The second-order valence-corrected chi connectivity index (χ2v) is 8.34. The van der Waals surface area contributed by atoms with Crippen LogP contribution in [0.5, 0.6) is 0 Å². The van der Waals surface area contributed by atoms with Crippen molar-refractivity contribution in [2.24, 2.45) is 11.5 Å². The van der Waals surface area contributed by atoms with Gasteiger partial charge in [-0.05, 0) is 56.9 Å². The van der Waals surface area contributed by atoms with Gasteiger partial charge in [0.05, 0.1) is 28.8 Å². The highest BCUT2D eigenvalue weighted by molar-refractivity contribution is 6.30. The van der Waals surface area contributed by atoms with Gasteiger partial charge in [0.25, 0.3) is 0 Å². The van der Waals surface area contributed by atoms with Crippen LogP contribution in [0.25, 0.3) is 22.3 Å². The van der Waals surface area contributed by atoms with Crippen molar-refractivity contribution in [3.8, 4) is 0 Å². The minimum atomic E-state index is -0.464. The molecule has 2 aromatic carbocycles. The molecule has 0 radical (unpaired) electrons. The van der Waals surface area contributed by atoms with Crippen LogP contribution in [-0.4, -0.2) is 43.1 Å². The molecule has 5 nitrogen and oxygen atoms in total. The first kappa shape index (κ1) is 20.4. The van der Waals surface area contributed by atoms with Gasteiger partial charge in [-0.25, -0.2) is 4.39 Å². The summed E-state index contributed by atoms with van der Waals surface area (Å²) in [6.07, 6.45) is 3.04. The van der Waals surface area contributed by atoms with E-state index in [1.165, 1.54) is 18.2 Å². The topological polar surface area (TPSA) is 71.4 Å². The van der Waals surface area contributed by atoms with Crippen LogP contribution in [0.3, 0.4) is 0 Å². The van der Waals surface area contributed by atoms with Gasteiger partial charge in [-0.2, -0.15) is 0 Å². The molecule has 7 heteroatoms. The summed E-state index contributed by atoms with van der Waals surface area (Å²) < 4.78 is 14.2. The number of nitrogens with zero attached hydrogens (tertiary/aromatic N) is 3. The first-order valence-electron chi connectivity index (χ1n) is 9.85. The molecule has 2 heterocycles. The number of pyridine rings is 1. The van der Waals surface area contributed by atoms with Crippen molar-refractivity contribution in [1.82, 2.24) is 9.88 Å². The zero-order valence-corrected chi connectivity index (χ0v) is 17.8. The van der Waals surface area contributed by atoms with Crippen LogP contribution in [-0.2, 0) is 0 Å². The quantitative estimate of drug-likeness (QED) is 0.620. The van der Waals surface area contributed by atoms with Crippen molar-refractivity contribution in [1.29, 1.82) is 0 Å². The molecule has 1 saturated heterocycles. The van der Waals surface area contributed by atoms with E-state index in [0.29, 0.717) is 22.3 Å². The maximum atomic E-state index is 14.2. The number of benzene rings is 2. The Morgan fingerprint density at radius 1 is 1.13 bits per heavy atom. The fourth-order valence-corrected chi connectivity index (χ4v) is 4.03. The van der Waals surface area contributed by atoms with Gasteiger partial charge in [0, 0.05) is 40.7 Å². The fourth-order valence-electron chi connectivity index (χ4n) is 3.86. The first-order chi connectivity index (χ1) is 14.3. The summed E-state index contributed by atoms with van der Waals surface area (Å²) in [6.45, 7) is 1.97. The Bertz CT molecular complexity index is 1130. The van der Waals surface area contributed by atoms with Gasteiger partial charge in [0.15, 0.2) is 0 Å². The van der Waals surface area contributed by atoms with E-state index >= 15 is 0 Å². The second-order valence-electron chi connectivity index (χ2n) is 7.90. The Labute approximate surface area is 180 Å². The molecule has 1 aliphatic heterocycles. The molecule has 0 spiro atoms. The molecule has 0 saturated carbocycles. The van der Waals surface area contributed by atoms with Crippen molar-refractivity contribution in [2.45, 2.75) is 12.5 Å². The Hall–Kier alpha value is -2.83. The highest BCUT2D eigenvalue weighted by atomic mass is 35.5. The van der Waals surface area contributed by atoms with Crippen molar-refractivity contribution in [2.75, 3.05) is 32.1 Å². The molecule has 156 valence electrons. The molecule has 0 bridgehead atoms. The molecular formula is C23H25ClFN5. The molecule has 1 aliphatic rings. The van der Waals surface area contributed by atoms with Crippen LogP contribution in [0, 0.1) is 5.82 Å². The van der Waals surface area contributed by atoms with Crippen LogP contribution in [0.15, 0.2) is 48.7 Å². The van der Waals surface area contributed by atoms with Gasteiger partial charge in [-0.3, -0.25) is 4.98 Å². The predicted molar refractivity (Wildman–Crippen MR) is 123 cm³/mol. The van der Waals surface area contributed by atoms with Gasteiger partial charge in [-0.15, -0.1) is 0 Å². The molecular weight excluding hydrogens is 401 g/mol. The number of anilines is 1. The van der Waals surface area contributed by atoms with E-state index in [1.807, 2.05) is 24.4 Å². The van der Waals surface area contributed by atoms with Crippen molar-refractivity contribution >= 4 is 39.6 Å². The van der Waals surface area contributed by atoms with E-state index in [2.05, 4.69) is 34.9 Å². The standard InChI is InChI=1S/C23H25ClFN5/c1-29(2)17-7-8-30(13-17)18-10-15-9-14(3-6-21(15)28-12-18)22(26)23(27)19-11-16(24)4-5-20(19)25/h3-6,9-12,17H,7-8,13,26-27H2,1-2H3/b23-22-. The summed E-state index contributed by atoms with van der Waals surface area (Å²) in [4.78, 5) is 9.21. The Morgan fingerprint density at radius 2 is 1.93 bits per heavy atom. The molecule has 4 rings (SSSR count). The minimum Gasteiger partial charge on any atom is -0.397 e. The summed E-state index contributed by atoms with van der Waals surface area (Å²) in [5.74, 6) is -0.464. The second kappa shape index (κ2) is 8.13. The van der Waals surface area contributed by atoms with Crippen LogP contribution >= 0.6 is 11.6 Å². The van der Waals surface area contributed by atoms with Gasteiger partial charge < -0.3 is 21.3 Å². The fraction of sp³-hybridized carbons (Fsp3) is 0.261. The van der Waals surface area contributed by atoms with E-state index in [-0.39, 0.29) is 11.3 Å². The first-order valence-corrected chi connectivity index (χ1v) is 10.2. The minimum absolute atomic E-state index is 0.159. The van der Waals surface area contributed by atoms with E-state index in [0.717, 1.165) is 36.1 Å². The molecule has 3 aromatic rings. The van der Waals surface area contributed by atoms with Crippen molar-refractivity contribution < 1.29 is 4.39 Å². The number of hydrogen-bond acceptors (Lipinski definition) is 5. The van der Waals surface area contributed by atoms with Crippen molar-refractivity contribution in [3.63, 3.8) is 0 Å². The van der Waals surface area contributed by atoms with Gasteiger partial charge in [0.2, 0.25) is 0 Å². The van der Waals surface area contributed by atoms with Gasteiger partial charge in [0.1, 0.15) is 5.82 Å². The molecule has 1 fully saturated rings. The monoisotopic (exact) mass is 425 g/mol. The molecule has 1 unspecified atom stereocenters. The third-order valence-electron chi connectivity index (χ3n) is 5.75. The van der Waals surface area contributed by atoms with E-state index in [1.54, 1.807) is 0 Å². The SMILES string of the molecule is CN(C)C1CCN(c2cnc3ccc(/C(N)=C(/N)c4cc(Cl)ccc4F)cc3c2)C1. The molecule has 0 aliphatic carbocycles. The molecule has 30 heavy (non-hydrogen) atoms. The van der Waals surface area contributed by atoms with Gasteiger partial charge >= 0.3 is 0 Å². The zero-order chi connectivity index (χ0) is 21.4. The summed E-state index contributed by atoms with van der Waals surface area (Å²) in [5, 5.41) is 1.36. The zero-order valence-electron chi connectivity index (χ0n) is 17.1. The summed E-state index contributed by atoms with van der Waals surface area (Å²) in [6, 6.07) is 12.6. The van der Waals surface area contributed by atoms with Crippen LogP contribution in [0.4, 0.5) is 10.1 Å². The van der Waals surface area contributed by atoms with E-state index < -0.39 is 5.82 Å². The van der Waals surface area contributed by atoms with E-state index in [9.17, 15) is 4.39 Å². The Kier molecular flexibility index (Phi) is 5.54. The lowest BCUT2D eigenvalue weighted by Crippen LogP contribution is -2.31. The normalized spacial score (nSPS) is 17.6. The lowest BCUT2D eigenvalue weighted by atomic mass is 10.0. The highest BCUT2D eigenvalue weighted by Crippen LogP contribution is 2.28. The highest BCUT2D eigenvalue weighted by Gasteiger charge is 2.24. The Balaban J connectivity index is 1.69. The van der Waals surface area contributed by atoms with Crippen molar-refractivity contribution in [3.05, 3.63) is 70.6 Å². The average molecular weight is 426 g/mol. The summed E-state index contributed by atoms with van der Waals surface area (Å²) in [5.41, 5.74) is 15.8. The third kappa shape index (κ3) is 3.93. The number of nitrogens with two attached hydrogens (primary N) is 2. The largest absolute Gasteiger partial charge is 0.397 e. The van der Waals surface area contributed by atoms with Crippen LogP contribution < -0.4 is 16.4 Å². The third-order valence-corrected chi connectivity index (χ3v) is 5.98. The Morgan fingerprint density at radius 3 is 2.67 bits per heavy atom. The number of halogens is 2. The number of hydrogen-bond donors (Lipinski definition) is 2. The number of likely N-dealkylation sites (N-methyl/N-ethyl adjacent to an activating group) is 1. The summed E-state index contributed by atoms with van der Waals surface area (Å²) in [7, 11) is 4.22. The maximum Gasteiger partial charge on any atom is 0.132 e. The number of aromatic nitrogens is 1. The lowest BCUT2D eigenvalue weighted by molar-refractivity contribution is 0.315. The summed E-state index contributed by atoms with van der Waals surface area (Å²) >= 11 is 6.00. The number of fused-ring (bicyclic) bond motifs is 1. The van der Waals surface area contributed by atoms with Crippen LogP contribution in [0.2, 0.25) is 5.02 Å². The van der Waals surface area contributed by atoms with Crippen LogP contribution in [0.1, 0.15) is 17.5 Å².